The molecule has 0 unspecified atom stereocenters. The first-order valence-electron chi connectivity index (χ1n) is 5.12. The Bertz CT molecular complexity index is 566. The van der Waals surface area contributed by atoms with Crippen molar-refractivity contribution in [2.75, 3.05) is 12.3 Å². The molecule has 2 rings (SSSR count). The molecule has 0 saturated heterocycles. The highest BCUT2D eigenvalue weighted by molar-refractivity contribution is 5.92. The van der Waals surface area contributed by atoms with Gasteiger partial charge in [-0.05, 0) is 6.92 Å². The van der Waals surface area contributed by atoms with Gasteiger partial charge in [0.15, 0.2) is 11.5 Å². The molecule has 0 aromatic carbocycles. The van der Waals surface area contributed by atoms with E-state index in [-0.39, 0.29) is 23.9 Å². The molecule has 0 aliphatic heterocycles. The van der Waals surface area contributed by atoms with Crippen molar-refractivity contribution in [1.29, 1.82) is 0 Å². The second-order valence-electron chi connectivity index (χ2n) is 3.30. The molecule has 0 bridgehead atoms. The maximum atomic E-state index is 12.7. The number of anilines is 1. The van der Waals surface area contributed by atoms with E-state index in [1.165, 1.54) is 10.9 Å². The Morgan fingerprint density at radius 1 is 1.50 bits per heavy atom. The highest BCUT2D eigenvalue weighted by Crippen LogP contribution is 2.12. The molecule has 94 valence electrons. The molecule has 0 saturated carbocycles. The van der Waals surface area contributed by atoms with Gasteiger partial charge in [-0.1, -0.05) is 0 Å². The molecule has 2 heterocycles. The molecule has 8 heteroatoms. The lowest BCUT2D eigenvalue weighted by atomic mass is 10.4. The minimum absolute atomic E-state index is 0.0234. The minimum Gasteiger partial charge on any atom is -0.461 e. The number of carbonyl (C=O) groups excluding carboxylic acids is 1. The van der Waals surface area contributed by atoms with Crippen LogP contribution in [0.5, 0.6) is 0 Å². The van der Waals surface area contributed by atoms with Crippen LogP contribution in [0.15, 0.2) is 18.6 Å². The van der Waals surface area contributed by atoms with Crippen LogP contribution >= 0.6 is 0 Å². The molecule has 0 atom stereocenters. The van der Waals surface area contributed by atoms with E-state index in [1.807, 2.05) is 0 Å². The van der Waals surface area contributed by atoms with Gasteiger partial charge in [0.2, 0.25) is 0 Å². The van der Waals surface area contributed by atoms with Crippen LogP contribution in [0.2, 0.25) is 0 Å². The number of esters is 1. The summed E-state index contributed by atoms with van der Waals surface area (Å²) in [5.74, 6) is -1.08. The van der Waals surface area contributed by atoms with Gasteiger partial charge in [-0.25, -0.2) is 23.8 Å². The summed E-state index contributed by atoms with van der Waals surface area (Å²) in [6, 6.07) is 0. The number of nitrogen functional groups attached to an aromatic ring is 1. The molecule has 2 aromatic heterocycles. The zero-order valence-corrected chi connectivity index (χ0v) is 9.50. The van der Waals surface area contributed by atoms with E-state index >= 15 is 0 Å². The summed E-state index contributed by atoms with van der Waals surface area (Å²) in [6.45, 7) is 1.90. The Morgan fingerprint density at radius 3 is 2.78 bits per heavy atom. The van der Waals surface area contributed by atoms with E-state index in [0.29, 0.717) is 0 Å². The number of halogens is 1. The van der Waals surface area contributed by atoms with Crippen molar-refractivity contribution >= 4 is 11.7 Å². The van der Waals surface area contributed by atoms with E-state index < -0.39 is 11.8 Å². The number of ether oxygens (including phenoxy) is 1. The molecule has 7 nitrogen and oxygen atoms in total. The molecular weight excluding hydrogens is 241 g/mol. The van der Waals surface area contributed by atoms with Crippen LogP contribution < -0.4 is 5.73 Å². The molecule has 2 aromatic rings. The molecule has 2 N–H and O–H groups in total. The van der Waals surface area contributed by atoms with Crippen LogP contribution in [-0.4, -0.2) is 32.3 Å². The fraction of sp³-hybridized carbons (Fsp3) is 0.200. The molecule has 0 spiro atoms. The summed E-state index contributed by atoms with van der Waals surface area (Å²) in [5, 5.41) is 3.90. The number of hydrogen-bond acceptors (Lipinski definition) is 6. The third kappa shape index (κ3) is 2.26. The van der Waals surface area contributed by atoms with Gasteiger partial charge in [-0.15, -0.1) is 0 Å². The van der Waals surface area contributed by atoms with E-state index in [4.69, 9.17) is 10.5 Å². The van der Waals surface area contributed by atoms with Crippen LogP contribution in [0, 0.1) is 5.82 Å². The Labute approximate surface area is 101 Å². The van der Waals surface area contributed by atoms with Crippen LogP contribution in [-0.2, 0) is 4.74 Å². The van der Waals surface area contributed by atoms with Crippen molar-refractivity contribution in [3.63, 3.8) is 0 Å². The van der Waals surface area contributed by atoms with Gasteiger partial charge in [-0.3, -0.25) is 0 Å². The lowest BCUT2D eigenvalue weighted by molar-refractivity contribution is 0.0520. The molecule has 0 radical (unpaired) electrons. The van der Waals surface area contributed by atoms with Gasteiger partial charge in [0, 0.05) is 0 Å². The second-order valence-corrected chi connectivity index (χ2v) is 3.30. The average Bonchev–Trinajstić information content (AvgIpc) is 2.72. The van der Waals surface area contributed by atoms with Crippen molar-refractivity contribution in [1.82, 2.24) is 19.7 Å². The number of nitrogens with zero attached hydrogens (tertiary/aromatic N) is 4. The Balaban J connectivity index is 2.34. The van der Waals surface area contributed by atoms with Crippen LogP contribution in [0.3, 0.4) is 0 Å². The fourth-order valence-electron chi connectivity index (χ4n) is 1.27. The normalized spacial score (nSPS) is 10.3. The molecular formula is C10H10FN5O2. The number of rotatable bonds is 3. The lowest BCUT2D eigenvalue weighted by Gasteiger charge is -1.98. The first-order valence-corrected chi connectivity index (χ1v) is 5.12. The topological polar surface area (TPSA) is 95.9 Å². The number of aromatic nitrogens is 4. The summed E-state index contributed by atoms with van der Waals surface area (Å²) >= 11 is 0. The fourth-order valence-corrected chi connectivity index (χ4v) is 1.27. The summed E-state index contributed by atoms with van der Waals surface area (Å²) in [7, 11) is 0. The van der Waals surface area contributed by atoms with Crippen LogP contribution in [0.4, 0.5) is 10.1 Å². The average molecular weight is 251 g/mol. The van der Waals surface area contributed by atoms with Crippen molar-refractivity contribution < 1.29 is 13.9 Å². The highest BCUT2D eigenvalue weighted by atomic mass is 19.1. The van der Waals surface area contributed by atoms with Crippen LogP contribution in [0.1, 0.15) is 17.4 Å². The SMILES string of the molecule is CCOC(=O)c1nn(-c2ncc(F)cn2)cc1N. The molecule has 18 heavy (non-hydrogen) atoms. The van der Waals surface area contributed by atoms with E-state index in [9.17, 15) is 9.18 Å². The first-order chi connectivity index (χ1) is 8.61. The molecule has 0 fully saturated rings. The Kier molecular flexibility index (Phi) is 3.18. The zero-order chi connectivity index (χ0) is 13.1. The van der Waals surface area contributed by atoms with Crippen molar-refractivity contribution in [2.45, 2.75) is 6.92 Å². The molecule has 0 amide bonds. The second kappa shape index (κ2) is 4.78. The number of hydrogen-bond donors (Lipinski definition) is 1. The standard InChI is InChI=1S/C10H10FN5O2/c1-2-18-9(17)8-7(12)5-16(15-8)10-13-3-6(11)4-14-10/h3-5H,2,12H2,1H3. The van der Waals surface area contributed by atoms with Gasteiger partial charge in [0.05, 0.1) is 30.9 Å². The Hall–Kier alpha value is -2.51. The molecule has 0 aliphatic rings. The smallest absolute Gasteiger partial charge is 0.361 e. The third-order valence-corrected chi connectivity index (χ3v) is 2.02. The highest BCUT2D eigenvalue weighted by Gasteiger charge is 2.17. The van der Waals surface area contributed by atoms with Crippen molar-refractivity contribution in [3.05, 3.63) is 30.1 Å². The van der Waals surface area contributed by atoms with Gasteiger partial charge in [0.1, 0.15) is 0 Å². The van der Waals surface area contributed by atoms with Gasteiger partial charge >= 0.3 is 5.97 Å². The summed E-state index contributed by atoms with van der Waals surface area (Å²) in [5.41, 5.74) is 5.74. The third-order valence-electron chi connectivity index (χ3n) is 2.02. The predicted molar refractivity (Wildman–Crippen MR) is 59.5 cm³/mol. The van der Waals surface area contributed by atoms with E-state index in [0.717, 1.165) is 12.4 Å². The molecule has 0 aliphatic carbocycles. The Morgan fingerprint density at radius 2 is 2.17 bits per heavy atom. The summed E-state index contributed by atoms with van der Waals surface area (Å²) in [4.78, 5) is 18.9. The minimum atomic E-state index is -0.629. The maximum absolute atomic E-state index is 12.7. The zero-order valence-electron chi connectivity index (χ0n) is 9.50. The van der Waals surface area contributed by atoms with Gasteiger partial charge in [-0.2, -0.15) is 5.10 Å². The quantitative estimate of drug-likeness (QED) is 0.801. The number of carbonyl (C=O) groups is 1. The summed E-state index contributed by atoms with van der Waals surface area (Å²) < 4.78 is 18.6. The van der Waals surface area contributed by atoms with Gasteiger partial charge in [0.25, 0.3) is 5.95 Å². The van der Waals surface area contributed by atoms with E-state index in [1.54, 1.807) is 6.92 Å². The predicted octanol–water partition coefficient (Wildman–Crippen LogP) is 0.560. The maximum Gasteiger partial charge on any atom is 0.361 e. The van der Waals surface area contributed by atoms with Crippen molar-refractivity contribution in [2.24, 2.45) is 0 Å². The van der Waals surface area contributed by atoms with E-state index in [2.05, 4.69) is 15.1 Å². The van der Waals surface area contributed by atoms with Gasteiger partial charge < -0.3 is 10.5 Å². The first kappa shape index (κ1) is 12.0. The van der Waals surface area contributed by atoms with Crippen LogP contribution in [0.25, 0.3) is 5.95 Å². The summed E-state index contributed by atoms with van der Waals surface area (Å²) in [6.07, 6.45) is 3.34. The van der Waals surface area contributed by atoms with Crippen molar-refractivity contribution in [3.8, 4) is 5.95 Å². The number of nitrogens with two attached hydrogens (primary N) is 1. The monoisotopic (exact) mass is 251 g/mol. The lowest BCUT2D eigenvalue weighted by Crippen LogP contribution is -2.09. The largest absolute Gasteiger partial charge is 0.461 e.